The van der Waals surface area contributed by atoms with Crippen molar-refractivity contribution >= 4 is 46.8 Å². The molecular weight excluding hydrogens is 530 g/mol. The van der Waals surface area contributed by atoms with E-state index in [4.69, 9.17) is 23.2 Å². The van der Waals surface area contributed by atoms with Crippen LogP contribution >= 0.6 is 35.0 Å². The Kier molecular flexibility index (Phi) is 11.8. The molecule has 0 aliphatic rings. The van der Waals surface area contributed by atoms with Crippen molar-refractivity contribution in [3.63, 3.8) is 0 Å². The summed E-state index contributed by atoms with van der Waals surface area (Å²) in [5.74, 6) is -0.405. The fraction of sp³-hybridized carbons (Fsp3) is 0.310. The smallest absolute Gasteiger partial charge is 0.243 e. The van der Waals surface area contributed by atoms with Gasteiger partial charge >= 0.3 is 0 Å². The first-order valence-corrected chi connectivity index (χ1v) is 14.2. The van der Waals surface area contributed by atoms with Crippen LogP contribution in [0.1, 0.15) is 36.5 Å². The maximum atomic E-state index is 14.6. The number of amides is 2. The van der Waals surface area contributed by atoms with Crippen LogP contribution in [0.25, 0.3) is 0 Å². The van der Waals surface area contributed by atoms with Gasteiger partial charge in [0.2, 0.25) is 11.8 Å². The Hall–Kier alpha value is -2.54. The summed E-state index contributed by atoms with van der Waals surface area (Å²) in [6.07, 6.45) is 2.09. The Morgan fingerprint density at radius 1 is 0.973 bits per heavy atom. The van der Waals surface area contributed by atoms with Crippen molar-refractivity contribution < 1.29 is 14.0 Å². The van der Waals surface area contributed by atoms with Crippen LogP contribution in [0.2, 0.25) is 10.0 Å². The van der Waals surface area contributed by atoms with Crippen LogP contribution in [0, 0.1) is 5.82 Å². The lowest BCUT2D eigenvalue weighted by molar-refractivity contribution is -0.139. The fourth-order valence-corrected chi connectivity index (χ4v) is 5.51. The van der Waals surface area contributed by atoms with Gasteiger partial charge in [-0.2, -0.15) is 0 Å². The summed E-state index contributed by atoms with van der Waals surface area (Å²) in [5.41, 5.74) is 2.02. The molecule has 3 rings (SSSR count). The fourth-order valence-electron chi connectivity index (χ4n) is 3.86. The molecule has 0 fully saturated rings. The molecule has 0 bridgehead atoms. The normalized spacial score (nSPS) is 11.7. The minimum atomic E-state index is -0.795. The zero-order valence-electron chi connectivity index (χ0n) is 20.8. The molecule has 3 aromatic carbocycles. The average Bonchev–Trinajstić information content (AvgIpc) is 2.89. The summed E-state index contributed by atoms with van der Waals surface area (Å²) in [4.78, 5) is 28.5. The van der Waals surface area contributed by atoms with Crippen molar-refractivity contribution in [3.8, 4) is 0 Å². The monoisotopic (exact) mass is 560 g/mol. The largest absolute Gasteiger partial charge is 0.354 e. The number of nitrogens with one attached hydrogen (secondary N) is 1. The number of hydrogen-bond acceptors (Lipinski definition) is 3. The zero-order chi connectivity index (χ0) is 26.6. The van der Waals surface area contributed by atoms with Gasteiger partial charge in [0.15, 0.2) is 0 Å². The van der Waals surface area contributed by atoms with Crippen LogP contribution in [-0.2, 0) is 28.3 Å². The summed E-state index contributed by atoms with van der Waals surface area (Å²) >= 11 is 13.9. The van der Waals surface area contributed by atoms with Crippen LogP contribution in [0.3, 0.4) is 0 Å². The number of unbranched alkanes of at least 4 members (excludes halogenated alkanes) is 1. The first-order valence-electron chi connectivity index (χ1n) is 12.3. The molecule has 8 heteroatoms. The van der Waals surface area contributed by atoms with E-state index in [1.54, 1.807) is 36.4 Å². The Bertz CT molecular complexity index is 1160. The highest BCUT2D eigenvalue weighted by Crippen LogP contribution is 2.28. The topological polar surface area (TPSA) is 49.4 Å². The number of rotatable bonds is 13. The standard InChI is InChI=1S/C29H31Cl2FN2O2S/c1-2-3-16-33-29(36)27(17-21-10-5-4-6-11-21)34(18-22-12-7-8-15-26(22)32)28(35)20-37-19-23-24(30)13-9-14-25(23)31/h4-15,27H,2-3,16-20H2,1H3,(H,33,36)/t27-/m1/s1. The Labute approximate surface area is 232 Å². The van der Waals surface area contributed by atoms with Crippen LogP contribution in [0.4, 0.5) is 4.39 Å². The van der Waals surface area contributed by atoms with E-state index in [-0.39, 0.29) is 24.1 Å². The minimum Gasteiger partial charge on any atom is -0.354 e. The van der Waals surface area contributed by atoms with Crippen LogP contribution in [0.15, 0.2) is 72.8 Å². The van der Waals surface area contributed by atoms with Crippen LogP contribution < -0.4 is 5.32 Å². The first kappa shape index (κ1) is 29.0. The molecule has 0 heterocycles. The lowest BCUT2D eigenvalue weighted by atomic mass is 10.0. The molecule has 196 valence electrons. The van der Waals surface area contributed by atoms with Gasteiger partial charge in [0.25, 0.3) is 0 Å². The quantitative estimate of drug-likeness (QED) is 0.231. The van der Waals surface area contributed by atoms with Gasteiger partial charge in [-0.25, -0.2) is 4.39 Å². The molecule has 3 aromatic rings. The highest BCUT2D eigenvalue weighted by Gasteiger charge is 2.30. The average molecular weight is 562 g/mol. The van der Waals surface area contributed by atoms with E-state index in [1.807, 2.05) is 37.3 Å². The lowest BCUT2D eigenvalue weighted by Gasteiger charge is -2.31. The molecule has 4 nitrogen and oxygen atoms in total. The molecule has 2 amide bonds. The molecule has 0 spiro atoms. The van der Waals surface area contributed by atoms with Gasteiger partial charge in [-0.15, -0.1) is 11.8 Å². The number of nitrogens with zero attached hydrogens (tertiary/aromatic N) is 1. The summed E-state index contributed by atoms with van der Waals surface area (Å²) in [5, 5.41) is 4.04. The molecule has 1 atom stereocenters. The molecule has 0 saturated carbocycles. The molecular formula is C29H31Cl2FN2O2S. The maximum Gasteiger partial charge on any atom is 0.243 e. The number of benzene rings is 3. The predicted octanol–water partition coefficient (Wildman–Crippen LogP) is 6.92. The molecule has 0 aliphatic carbocycles. The summed E-state index contributed by atoms with van der Waals surface area (Å²) in [6.45, 7) is 2.55. The molecule has 0 saturated heterocycles. The van der Waals surface area contributed by atoms with E-state index in [9.17, 15) is 14.0 Å². The number of hydrogen-bond donors (Lipinski definition) is 1. The van der Waals surface area contributed by atoms with E-state index in [2.05, 4.69) is 5.32 Å². The van der Waals surface area contributed by atoms with Gasteiger partial charge in [0.05, 0.1) is 5.75 Å². The van der Waals surface area contributed by atoms with E-state index in [0.29, 0.717) is 34.3 Å². The second-order valence-corrected chi connectivity index (χ2v) is 10.5. The van der Waals surface area contributed by atoms with Crippen molar-refractivity contribution in [3.05, 3.63) is 105 Å². The molecule has 0 radical (unpaired) electrons. The third-order valence-electron chi connectivity index (χ3n) is 5.93. The van der Waals surface area contributed by atoms with E-state index in [0.717, 1.165) is 24.0 Å². The SMILES string of the molecule is CCCCNC(=O)[C@@H](Cc1ccccc1)N(Cc1ccccc1F)C(=O)CSCc1c(Cl)cccc1Cl. The predicted molar refractivity (Wildman–Crippen MR) is 151 cm³/mol. The van der Waals surface area contributed by atoms with Gasteiger partial charge in [-0.3, -0.25) is 9.59 Å². The molecule has 0 unspecified atom stereocenters. The Balaban J connectivity index is 1.86. The highest BCUT2D eigenvalue weighted by atomic mass is 35.5. The summed E-state index contributed by atoms with van der Waals surface area (Å²) in [7, 11) is 0. The number of carbonyl (C=O) groups excluding carboxylic acids is 2. The highest BCUT2D eigenvalue weighted by molar-refractivity contribution is 7.99. The number of halogens is 3. The Morgan fingerprint density at radius 2 is 1.65 bits per heavy atom. The van der Waals surface area contributed by atoms with Crippen molar-refractivity contribution in [1.82, 2.24) is 10.2 Å². The van der Waals surface area contributed by atoms with E-state index >= 15 is 0 Å². The van der Waals surface area contributed by atoms with Crippen LogP contribution in [-0.4, -0.2) is 35.1 Å². The third-order valence-corrected chi connectivity index (χ3v) is 7.58. The summed E-state index contributed by atoms with van der Waals surface area (Å²) in [6, 6.07) is 20.4. The summed E-state index contributed by atoms with van der Waals surface area (Å²) < 4.78 is 14.6. The van der Waals surface area contributed by atoms with Gasteiger partial charge in [0, 0.05) is 40.9 Å². The minimum absolute atomic E-state index is 0.0163. The second kappa shape index (κ2) is 15.0. The van der Waals surface area contributed by atoms with Crippen LogP contribution in [0.5, 0.6) is 0 Å². The second-order valence-electron chi connectivity index (χ2n) is 8.66. The van der Waals surface area contributed by atoms with E-state index in [1.165, 1.54) is 22.7 Å². The molecule has 37 heavy (non-hydrogen) atoms. The van der Waals surface area contributed by atoms with Crippen molar-refractivity contribution in [2.45, 2.75) is 44.5 Å². The lowest BCUT2D eigenvalue weighted by Crippen LogP contribution is -2.51. The van der Waals surface area contributed by atoms with Crippen molar-refractivity contribution in [2.75, 3.05) is 12.3 Å². The molecule has 1 N–H and O–H groups in total. The Morgan fingerprint density at radius 3 is 2.32 bits per heavy atom. The molecule has 0 aromatic heterocycles. The third kappa shape index (κ3) is 8.77. The number of carbonyl (C=O) groups is 2. The zero-order valence-corrected chi connectivity index (χ0v) is 23.1. The van der Waals surface area contributed by atoms with E-state index < -0.39 is 11.9 Å². The van der Waals surface area contributed by atoms with Gasteiger partial charge in [-0.05, 0) is 35.7 Å². The number of thioether (sulfide) groups is 1. The van der Waals surface area contributed by atoms with Gasteiger partial charge in [0.1, 0.15) is 11.9 Å². The molecule has 0 aliphatic heterocycles. The van der Waals surface area contributed by atoms with Crippen molar-refractivity contribution in [2.24, 2.45) is 0 Å². The van der Waals surface area contributed by atoms with Gasteiger partial charge < -0.3 is 10.2 Å². The first-order chi connectivity index (χ1) is 17.9. The van der Waals surface area contributed by atoms with Gasteiger partial charge in [-0.1, -0.05) is 91.1 Å². The van der Waals surface area contributed by atoms with Crippen molar-refractivity contribution in [1.29, 1.82) is 0 Å². The maximum absolute atomic E-state index is 14.6.